The van der Waals surface area contributed by atoms with Crippen LogP contribution in [0, 0.1) is 0 Å². The molecule has 1 fully saturated rings. The van der Waals surface area contributed by atoms with E-state index in [1.54, 1.807) is 35.4 Å². The maximum atomic E-state index is 13.4. The van der Waals surface area contributed by atoms with Gasteiger partial charge in [-0.25, -0.2) is 15.0 Å². The van der Waals surface area contributed by atoms with Crippen molar-refractivity contribution in [1.82, 2.24) is 38.9 Å². The fraction of sp³-hybridized carbons (Fsp3) is 0.250. The van der Waals surface area contributed by atoms with Crippen molar-refractivity contribution >= 4 is 10.9 Å². The van der Waals surface area contributed by atoms with E-state index in [1.165, 1.54) is 23.7 Å². The van der Waals surface area contributed by atoms with Crippen LogP contribution in [-0.4, -0.2) is 50.6 Å². The molecule has 0 spiro atoms. The highest BCUT2D eigenvalue weighted by Gasteiger charge is 2.25. The summed E-state index contributed by atoms with van der Waals surface area (Å²) >= 11 is 0. The molecule has 4 heterocycles. The van der Waals surface area contributed by atoms with Crippen molar-refractivity contribution in [2.24, 2.45) is 0 Å². The van der Waals surface area contributed by atoms with Crippen molar-refractivity contribution in [3.63, 3.8) is 0 Å². The lowest BCUT2D eigenvalue weighted by molar-refractivity contribution is 0.239. The van der Waals surface area contributed by atoms with E-state index in [-0.39, 0.29) is 18.2 Å². The smallest absolute Gasteiger partial charge is 0.267 e. The Hall–Kier alpha value is -4.18. The summed E-state index contributed by atoms with van der Waals surface area (Å²) < 4.78 is 5.12. The molecule has 34 heavy (non-hydrogen) atoms. The number of pyridine rings is 1. The highest BCUT2D eigenvalue weighted by molar-refractivity contribution is 5.80. The second-order valence-corrected chi connectivity index (χ2v) is 8.58. The molecule has 6 rings (SSSR count). The second-order valence-electron chi connectivity index (χ2n) is 8.58. The summed E-state index contributed by atoms with van der Waals surface area (Å²) in [6.07, 6.45) is 9.23. The lowest BCUT2D eigenvalue weighted by Crippen LogP contribution is -2.20. The molecule has 1 aromatic carbocycles. The van der Waals surface area contributed by atoms with Gasteiger partial charge in [-0.15, -0.1) is 10.2 Å². The molecule has 10 nitrogen and oxygen atoms in total. The Labute approximate surface area is 194 Å². The zero-order chi connectivity index (χ0) is 23.2. The number of imidazole rings is 1. The molecule has 10 heteroatoms. The summed E-state index contributed by atoms with van der Waals surface area (Å²) in [7, 11) is 0. The summed E-state index contributed by atoms with van der Waals surface area (Å²) in [5.41, 5.74) is 2.89. The number of rotatable bonds is 6. The normalized spacial score (nSPS) is 14.5. The average molecular weight is 454 g/mol. The van der Waals surface area contributed by atoms with Gasteiger partial charge in [0.05, 0.1) is 35.6 Å². The number of fused-ring (bicyclic) bond motifs is 1. The standard InChI is InChI=1S/C24H22N8O2/c1-15(11-33)31-14-27-29-23(31)20-3-2-4-22(28-20)32-13-26-19-8-7-17(9-18(19)24(32)34)30-10-21(25-12-30)16-5-6-16/h2-4,7-10,12-16,33H,5-6,11H2,1H3/t15-/m0/s1. The quantitative estimate of drug-likeness (QED) is 0.419. The first-order valence-electron chi connectivity index (χ1n) is 11.2. The first-order chi connectivity index (χ1) is 16.6. The van der Waals surface area contributed by atoms with Crippen molar-refractivity contribution < 1.29 is 5.11 Å². The monoisotopic (exact) mass is 454 g/mol. The zero-order valence-corrected chi connectivity index (χ0v) is 18.5. The SMILES string of the molecule is C[C@@H](CO)n1cnnc1-c1cccc(-n2cnc3ccc(-n4cnc(C5CC5)c4)cc3c2=O)n1. The van der Waals surface area contributed by atoms with Crippen LogP contribution in [0.3, 0.4) is 0 Å². The van der Waals surface area contributed by atoms with Crippen molar-refractivity contribution in [1.29, 1.82) is 0 Å². The molecule has 5 aromatic rings. The van der Waals surface area contributed by atoms with Crippen LogP contribution in [0.5, 0.6) is 0 Å². The Bertz CT molecular complexity index is 1560. The van der Waals surface area contributed by atoms with Crippen molar-refractivity contribution in [2.75, 3.05) is 6.61 Å². The highest BCUT2D eigenvalue weighted by atomic mass is 16.3. The Morgan fingerprint density at radius 3 is 2.82 bits per heavy atom. The minimum absolute atomic E-state index is 0.0554. The van der Waals surface area contributed by atoms with E-state index in [2.05, 4.69) is 25.1 Å². The molecule has 0 radical (unpaired) electrons. The van der Waals surface area contributed by atoms with E-state index in [0.29, 0.717) is 34.2 Å². The fourth-order valence-corrected chi connectivity index (χ4v) is 4.02. The molecule has 170 valence electrons. The minimum Gasteiger partial charge on any atom is -0.394 e. The molecule has 0 amide bonds. The molecule has 1 atom stereocenters. The van der Waals surface area contributed by atoms with Gasteiger partial charge in [0.25, 0.3) is 5.56 Å². The number of benzene rings is 1. The van der Waals surface area contributed by atoms with Crippen LogP contribution in [0.1, 0.15) is 37.4 Å². The van der Waals surface area contributed by atoms with Crippen LogP contribution >= 0.6 is 0 Å². The lowest BCUT2D eigenvalue weighted by atomic mass is 10.2. The van der Waals surface area contributed by atoms with Crippen LogP contribution in [0.15, 0.2) is 66.4 Å². The van der Waals surface area contributed by atoms with E-state index in [9.17, 15) is 9.90 Å². The maximum Gasteiger partial charge on any atom is 0.267 e. The number of aliphatic hydroxyl groups is 1. The Morgan fingerprint density at radius 2 is 2.00 bits per heavy atom. The van der Waals surface area contributed by atoms with Gasteiger partial charge in [-0.3, -0.25) is 9.36 Å². The molecular formula is C24H22N8O2. The molecule has 0 saturated heterocycles. The van der Waals surface area contributed by atoms with E-state index >= 15 is 0 Å². The van der Waals surface area contributed by atoms with Crippen LogP contribution in [-0.2, 0) is 0 Å². The summed E-state index contributed by atoms with van der Waals surface area (Å²) in [6.45, 7) is 1.81. The van der Waals surface area contributed by atoms with Gasteiger partial charge in [-0.05, 0) is 50.1 Å². The van der Waals surface area contributed by atoms with E-state index in [4.69, 9.17) is 0 Å². The first kappa shape index (κ1) is 20.4. The molecular weight excluding hydrogens is 432 g/mol. The number of hydrogen-bond acceptors (Lipinski definition) is 7. The second kappa shape index (κ2) is 7.99. The van der Waals surface area contributed by atoms with Crippen LogP contribution < -0.4 is 5.56 Å². The third kappa shape index (κ3) is 3.48. The van der Waals surface area contributed by atoms with Gasteiger partial charge < -0.3 is 14.2 Å². The summed E-state index contributed by atoms with van der Waals surface area (Å²) in [5.74, 6) is 1.50. The largest absolute Gasteiger partial charge is 0.394 e. The van der Waals surface area contributed by atoms with Crippen LogP contribution in [0.2, 0.25) is 0 Å². The van der Waals surface area contributed by atoms with Crippen molar-refractivity contribution in [3.8, 4) is 23.0 Å². The fourth-order valence-electron chi connectivity index (χ4n) is 4.02. The van der Waals surface area contributed by atoms with Gasteiger partial charge in [0.2, 0.25) is 0 Å². The van der Waals surface area contributed by atoms with E-state index < -0.39 is 0 Å². The van der Waals surface area contributed by atoms with E-state index in [1.807, 2.05) is 35.9 Å². The summed E-state index contributed by atoms with van der Waals surface area (Å²) in [4.78, 5) is 27.1. The predicted molar refractivity (Wildman–Crippen MR) is 125 cm³/mol. The number of nitrogens with zero attached hydrogens (tertiary/aromatic N) is 8. The molecule has 1 N–H and O–H groups in total. The van der Waals surface area contributed by atoms with Gasteiger partial charge >= 0.3 is 0 Å². The first-order valence-corrected chi connectivity index (χ1v) is 11.2. The molecule has 1 aliphatic carbocycles. The minimum atomic E-state index is -0.218. The van der Waals surface area contributed by atoms with Crippen molar-refractivity contribution in [3.05, 3.63) is 77.6 Å². The third-order valence-electron chi connectivity index (χ3n) is 6.16. The Morgan fingerprint density at radius 1 is 1.12 bits per heavy atom. The van der Waals surface area contributed by atoms with Gasteiger partial charge in [-0.1, -0.05) is 6.07 Å². The number of aliphatic hydroxyl groups excluding tert-OH is 1. The highest BCUT2D eigenvalue weighted by Crippen LogP contribution is 2.39. The van der Waals surface area contributed by atoms with Gasteiger partial charge in [0, 0.05) is 17.8 Å². The number of aromatic nitrogens is 8. The molecule has 4 aromatic heterocycles. The molecule has 1 saturated carbocycles. The zero-order valence-electron chi connectivity index (χ0n) is 18.5. The number of hydrogen-bond donors (Lipinski definition) is 1. The summed E-state index contributed by atoms with van der Waals surface area (Å²) in [5, 5.41) is 18.1. The molecule has 1 aliphatic rings. The predicted octanol–water partition coefficient (Wildman–Crippen LogP) is 2.66. The molecule has 0 aliphatic heterocycles. The van der Waals surface area contributed by atoms with Crippen molar-refractivity contribution in [2.45, 2.75) is 31.7 Å². The van der Waals surface area contributed by atoms with Crippen LogP contribution in [0.4, 0.5) is 0 Å². The van der Waals surface area contributed by atoms with Gasteiger partial charge in [0.15, 0.2) is 5.82 Å². The van der Waals surface area contributed by atoms with Gasteiger partial charge in [-0.2, -0.15) is 0 Å². The van der Waals surface area contributed by atoms with E-state index in [0.717, 1.165) is 11.4 Å². The molecule has 0 unspecified atom stereocenters. The van der Waals surface area contributed by atoms with Gasteiger partial charge in [0.1, 0.15) is 24.2 Å². The summed E-state index contributed by atoms with van der Waals surface area (Å²) in [6, 6.07) is 10.8. The van der Waals surface area contributed by atoms with Crippen LogP contribution in [0.25, 0.3) is 33.9 Å². The lowest BCUT2D eigenvalue weighted by Gasteiger charge is -2.13. The topological polar surface area (TPSA) is 117 Å². The Balaban J connectivity index is 1.41. The third-order valence-corrected chi connectivity index (χ3v) is 6.16. The maximum absolute atomic E-state index is 13.4. The average Bonchev–Trinajstić information content (AvgIpc) is 3.39. The molecule has 0 bridgehead atoms. The Kier molecular flexibility index (Phi) is 4.80.